The number of hydrogen-bond donors (Lipinski definition) is 2. The normalized spacial score (nSPS) is 12.6. The van der Waals surface area contributed by atoms with Crippen molar-refractivity contribution >= 4 is 11.6 Å². The minimum absolute atomic E-state index is 0.101. The van der Waals surface area contributed by atoms with Crippen LogP contribution in [0.25, 0.3) is 0 Å². The van der Waals surface area contributed by atoms with E-state index in [0.717, 1.165) is 24.4 Å². The van der Waals surface area contributed by atoms with E-state index in [9.17, 15) is 0 Å². The van der Waals surface area contributed by atoms with Gasteiger partial charge in [-0.1, -0.05) is 24.6 Å². The molecule has 0 radical (unpaired) electrons. The van der Waals surface area contributed by atoms with E-state index in [0.29, 0.717) is 11.4 Å². The zero-order valence-electron chi connectivity index (χ0n) is 10.9. The lowest BCUT2D eigenvalue weighted by atomic mass is 10.1. The zero-order valence-corrected chi connectivity index (χ0v) is 11.6. The topological polar surface area (TPSA) is 68.8 Å². The maximum atomic E-state index is 6.22. The molecule has 102 valence electrons. The van der Waals surface area contributed by atoms with Crippen molar-refractivity contribution in [3.63, 3.8) is 0 Å². The summed E-state index contributed by atoms with van der Waals surface area (Å²) in [6.07, 6.45) is 5.10. The van der Waals surface area contributed by atoms with Gasteiger partial charge in [0.2, 0.25) is 0 Å². The lowest BCUT2D eigenvalue weighted by molar-refractivity contribution is 0.475. The van der Waals surface area contributed by atoms with Gasteiger partial charge in [-0.25, -0.2) is 0 Å². The van der Waals surface area contributed by atoms with Gasteiger partial charge >= 0.3 is 0 Å². The Balaban J connectivity index is 2.24. The highest BCUT2D eigenvalue weighted by molar-refractivity contribution is 6.31. The molecule has 0 saturated heterocycles. The summed E-state index contributed by atoms with van der Waals surface area (Å²) in [6.45, 7) is 2.92. The molecule has 0 saturated carbocycles. The Morgan fingerprint density at radius 1 is 1.47 bits per heavy atom. The summed E-state index contributed by atoms with van der Waals surface area (Å²) >= 11 is 6.22. The fourth-order valence-electron chi connectivity index (χ4n) is 2.07. The highest BCUT2D eigenvalue weighted by Crippen LogP contribution is 2.25. The predicted molar refractivity (Wildman–Crippen MR) is 75.5 cm³/mol. The molecule has 0 aliphatic heterocycles. The molecule has 0 bridgehead atoms. The molecular formula is C13H18ClN5. The highest BCUT2D eigenvalue weighted by atomic mass is 35.5. The summed E-state index contributed by atoms with van der Waals surface area (Å²) in [4.78, 5) is 4.31. The smallest absolute Gasteiger partial charge is 0.0834 e. The Morgan fingerprint density at radius 2 is 2.32 bits per heavy atom. The average Bonchev–Trinajstić information content (AvgIpc) is 2.79. The van der Waals surface area contributed by atoms with Gasteiger partial charge in [-0.3, -0.25) is 20.9 Å². The number of aryl methyl sites for hydroxylation is 1. The number of nitrogens with two attached hydrogens (primary N) is 1. The first-order valence-electron chi connectivity index (χ1n) is 6.33. The molecule has 0 fully saturated rings. The Hall–Kier alpha value is -1.43. The summed E-state index contributed by atoms with van der Waals surface area (Å²) in [5, 5.41) is 4.92. The van der Waals surface area contributed by atoms with E-state index in [1.54, 1.807) is 12.4 Å². The molecule has 5 nitrogen and oxygen atoms in total. The zero-order chi connectivity index (χ0) is 13.7. The van der Waals surface area contributed by atoms with Crippen molar-refractivity contribution in [1.82, 2.24) is 20.2 Å². The van der Waals surface area contributed by atoms with Crippen LogP contribution in [0.3, 0.4) is 0 Å². The standard InChI is InChI=1S/C13H18ClN5/c1-2-7-19-13(11(14)9-17-19)12(18-15)8-10-5-3-4-6-16-10/h3-6,9,12,18H,2,7-8,15H2,1H3. The molecule has 3 N–H and O–H groups in total. The minimum atomic E-state index is -0.101. The van der Waals surface area contributed by atoms with E-state index in [1.165, 1.54) is 0 Å². The maximum absolute atomic E-state index is 6.22. The molecule has 0 spiro atoms. The molecule has 1 unspecified atom stereocenters. The van der Waals surface area contributed by atoms with Gasteiger partial charge in [-0.05, 0) is 18.6 Å². The molecule has 0 amide bonds. The van der Waals surface area contributed by atoms with Crippen LogP contribution in [-0.2, 0) is 13.0 Å². The molecule has 2 rings (SSSR count). The van der Waals surface area contributed by atoms with Crippen molar-refractivity contribution < 1.29 is 0 Å². The third-order valence-corrected chi connectivity index (χ3v) is 3.23. The lowest BCUT2D eigenvalue weighted by Crippen LogP contribution is -2.32. The van der Waals surface area contributed by atoms with Crippen molar-refractivity contribution in [2.24, 2.45) is 5.84 Å². The van der Waals surface area contributed by atoms with Crippen molar-refractivity contribution in [3.8, 4) is 0 Å². The molecule has 0 aliphatic carbocycles. The second-order valence-electron chi connectivity index (χ2n) is 4.35. The van der Waals surface area contributed by atoms with Crippen molar-refractivity contribution in [3.05, 3.63) is 47.0 Å². The predicted octanol–water partition coefficient (Wildman–Crippen LogP) is 2.09. The quantitative estimate of drug-likeness (QED) is 0.628. The molecule has 1 atom stereocenters. The first-order valence-corrected chi connectivity index (χ1v) is 6.71. The van der Waals surface area contributed by atoms with Crippen LogP contribution in [0, 0.1) is 0 Å². The monoisotopic (exact) mass is 279 g/mol. The fourth-order valence-corrected chi connectivity index (χ4v) is 2.34. The van der Waals surface area contributed by atoms with E-state index in [1.807, 2.05) is 22.9 Å². The summed E-state index contributed by atoms with van der Waals surface area (Å²) < 4.78 is 1.90. The lowest BCUT2D eigenvalue weighted by Gasteiger charge is -2.18. The number of nitrogens with zero attached hydrogens (tertiary/aromatic N) is 3. The Bertz CT molecular complexity index is 511. The van der Waals surface area contributed by atoms with Gasteiger partial charge in [0, 0.05) is 24.9 Å². The number of halogens is 1. The number of hydrogen-bond acceptors (Lipinski definition) is 4. The Labute approximate surface area is 117 Å². The molecule has 0 aromatic carbocycles. The van der Waals surface area contributed by atoms with Gasteiger partial charge in [-0.2, -0.15) is 5.10 Å². The van der Waals surface area contributed by atoms with Crippen LogP contribution in [-0.4, -0.2) is 14.8 Å². The number of rotatable bonds is 6. The first kappa shape index (κ1) is 14.0. The van der Waals surface area contributed by atoms with Crippen LogP contribution in [0.4, 0.5) is 0 Å². The van der Waals surface area contributed by atoms with Crippen LogP contribution in [0.15, 0.2) is 30.6 Å². The van der Waals surface area contributed by atoms with Crippen molar-refractivity contribution in [2.75, 3.05) is 0 Å². The average molecular weight is 280 g/mol. The van der Waals surface area contributed by atoms with E-state index < -0.39 is 0 Å². The van der Waals surface area contributed by atoms with Crippen molar-refractivity contribution in [2.45, 2.75) is 32.4 Å². The summed E-state index contributed by atoms with van der Waals surface area (Å²) in [5.74, 6) is 5.67. The Kier molecular flexibility index (Phi) is 4.90. The van der Waals surface area contributed by atoms with Gasteiger partial charge in [0.25, 0.3) is 0 Å². The maximum Gasteiger partial charge on any atom is 0.0834 e. The number of hydrazine groups is 1. The molecule has 6 heteroatoms. The minimum Gasteiger partial charge on any atom is -0.271 e. The van der Waals surface area contributed by atoms with Crippen LogP contribution in [0.2, 0.25) is 5.02 Å². The van der Waals surface area contributed by atoms with E-state index in [4.69, 9.17) is 17.4 Å². The third-order valence-electron chi connectivity index (χ3n) is 2.94. The van der Waals surface area contributed by atoms with Crippen LogP contribution < -0.4 is 11.3 Å². The van der Waals surface area contributed by atoms with Gasteiger partial charge in [0.15, 0.2) is 0 Å². The Morgan fingerprint density at radius 3 is 2.95 bits per heavy atom. The number of pyridine rings is 1. The third kappa shape index (κ3) is 3.32. The molecular weight excluding hydrogens is 262 g/mol. The van der Waals surface area contributed by atoms with Gasteiger partial charge in [-0.15, -0.1) is 0 Å². The van der Waals surface area contributed by atoms with Crippen molar-refractivity contribution in [1.29, 1.82) is 0 Å². The molecule has 2 heterocycles. The molecule has 2 aromatic heterocycles. The van der Waals surface area contributed by atoms with Crippen LogP contribution >= 0.6 is 11.6 Å². The van der Waals surface area contributed by atoms with E-state index >= 15 is 0 Å². The second kappa shape index (κ2) is 6.65. The number of nitrogens with one attached hydrogen (secondary N) is 1. The summed E-state index contributed by atoms with van der Waals surface area (Å²) in [6, 6.07) is 5.72. The molecule has 2 aromatic rings. The summed E-state index contributed by atoms with van der Waals surface area (Å²) in [7, 11) is 0. The van der Waals surface area contributed by atoms with Crippen LogP contribution in [0.5, 0.6) is 0 Å². The summed E-state index contributed by atoms with van der Waals surface area (Å²) in [5.41, 5.74) is 4.68. The second-order valence-corrected chi connectivity index (χ2v) is 4.75. The molecule has 19 heavy (non-hydrogen) atoms. The van der Waals surface area contributed by atoms with Gasteiger partial charge in [0.05, 0.1) is 23.0 Å². The van der Waals surface area contributed by atoms with Crippen LogP contribution in [0.1, 0.15) is 30.8 Å². The van der Waals surface area contributed by atoms with E-state index in [2.05, 4.69) is 22.4 Å². The first-order chi connectivity index (χ1) is 9.26. The van der Waals surface area contributed by atoms with E-state index in [-0.39, 0.29) is 6.04 Å². The largest absolute Gasteiger partial charge is 0.271 e. The van der Waals surface area contributed by atoms with Gasteiger partial charge < -0.3 is 0 Å². The van der Waals surface area contributed by atoms with Gasteiger partial charge in [0.1, 0.15) is 0 Å². The highest BCUT2D eigenvalue weighted by Gasteiger charge is 2.19. The number of aromatic nitrogens is 3. The molecule has 0 aliphatic rings. The fraction of sp³-hybridized carbons (Fsp3) is 0.385. The SMILES string of the molecule is CCCn1ncc(Cl)c1C(Cc1ccccn1)NN.